The summed E-state index contributed by atoms with van der Waals surface area (Å²) in [5.41, 5.74) is 4.36. The van der Waals surface area contributed by atoms with Crippen LogP contribution in [0.2, 0.25) is 10.0 Å². The number of anilines is 2. The van der Waals surface area contributed by atoms with Gasteiger partial charge in [-0.25, -0.2) is 5.43 Å². The van der Waals surface area contributed by atoms with Crippen molar-refractivity contribution in [3.63, 3.8) is 0 Å². The lowest BCUT2D eigenvalue weighted by molar-refractivity contribution is -0.139. The van der Waals surface area contributed by atoms with Crippen molar-refractivity contribution >= 4 is 52.6 Å². The Bertz CT molecular complexity index is 866. The highest BCUT2D eigenvalue weighted by atomic mass is 35.5. The van der Waals surface area contributed by atoms with Crippen molar-refractivity contribution in [3.8, 4) is 0 Å². The van der Waals surface area contributed by atoms with E-state index < -0.39 is 11.8 Å². The molecule has 0 bridgehead atoms. The normalized spacial score (nSPS) is 13.5. The fraction of sp³-hybridized carbons (Fsp3) is 0.167. The standard InChI is InChI=1S/C18H16Cl2N4O2/c19-12-2-1-3-15(9-12)22-16-7-4-13(20)8-11(16)10-21-24-18(26)17(25)23-14-5-6-14/h1-4,7-10,14,22H,5-6H2,(H,23,25)(H,24,26)/b21-10-. The molecule has 6 nitrogen and oxygen atoms in total. The third-order valence-corrected chi connectivity index (χ3v) is 4.08. The maximum absolute atomic E-state index is 11.7. The first kappa shape index (κ1) is 18.2. The highest BCUT2D eigenvalue weighted by Crippen LogP contribution is 2.24. The maximum Gasteiger partial charge on any atom is 0.329 e. The second-order valence-corrected chi connectivity index (χ2v) is 6.69. The van der Waals surface area contributed by atoms with Crippen LogP contribution in [0, 0.1) is 0 Å². The molecule has 0 aliphatic heterocycles. The minimum atomic E-state index is -0.806. The van der Waals surface area contributed by atoms with Crippen molar-refractivity contribution < 1.29 is 9.59 Å². The first-order chi connectivity index (χ1) is 12.5. The third-order valence-electron chi connectivity index (χ3n) is 3.61. The number of rotatable bonds is 5. The summed E-state index contributed by atoms with van der Waals surface area (Å²) in [4.78, 5) is 23.3. The highest BCUT2D eigenvalue weighted by Gasteiger charge is 2.26. The topological polar surface area (TPSA) is 82.6 Å². The second kappa shape index (κ2) is 8.21. The molecule has 1 aliphatic rings. The Kier molecular flexibility index (Phi) is 5.75. The molecule has 134 valence electrons. The summed E-state index contributed by atoms with van der Waals surface area (Å²) in [5, 5.41) is 10.8. The zero-order valence-corrected chi connectivity index (χ0v) is 15.1. The van der Waals surface area contributed by atoms with Gasteiger partial charge in [0.2, 0.25) is 0 Å². The van der Waals surface area contributed by atoms with Gasteiger partial charge in [0.15, 0.2) is 0 Å². The molecule has 0 radical (unpaired) electrons. The van der Waals surface area contributed by atoms with Crippen LogP contribution in [0.3, 0.4) is 0 Å². The molecule has 2 aromatic rings. The molecule has 26 heavy (non-hydrogen) atoms. The molecular formula is C18H16Cl2N4O2. The summed E-state index contributed by atoms with van der Waals surface area (Å²) in [5.74, 6) is -1.49. The van der Waals surface area contributed by atoms with Crippen LogP contribution in [-0.4, -0.2) is 24.1 Å². The lowest BCUT2D eigenvalue weighted by Crippen LogP contribution is -2.38. The minimum Gasteiger partial charge on any atom is -0.355 e. The van der Waals surface area contributed by atoms with Gasteiger partial charge >= 0.3 is 11.8 Å². The zero-order chi connectivity index (χ0) is 18.5. The molecule has 0 heterocycles. The fourth-order valence-electron chi connectivity index (χ4n) is 2.17. The van der Waals surface area contributed by atoms with Gasteiger partial charge in [0.1, 0.15) is 0 Å². The van der Waals surface area contributed by atoms with Gasteiger partial charge in [0.25, 0.3) is 0 Å². The number of carbonyl (C=O) groups excluding carboxylic acids is 2. The number of halogens is 2. The quantitative estimate of drug-likeness (QED) is 0.415. The molecule has 1 aliphatic carbocycles. The third kappa shape index (κ3) is 5.21. The Morgan fingerprint density at radius 3 is 2.54 bits per heavy atom. The Balaban J connectivity index is 1.68. The second-order valence-electron chi connectivity index (χ2n) is 5.81. The van der Waals surface area contributed by atoms with Crippen LogP contribution >= 0.6 is 23.2 Å². The SMILES string of the molecule is O=C(N/N=C\c1cc(Cl)ccc1Nc1cccc(Cl)c1)C(=O)NC1CC1. The van der Waals surface area contributed by atoms with E-state index in [1.807, 2.05) is 12.1 Å². The molecule has 2 aromatic carbocycles. The van der Waals surface area contributed by atoms with E-state index in [1.165, 1.54) is 6.21 Å². The van der Waals surface area contributed by atoms with Crippen molar-refractivity contribution in [2.75, 3.05) is 5.32 Å². The predicted octanol–water partition coefficient (Wildman–Crippen LogP) is 3.47. The molecule has 8 heteroatoms. The van der Waals surface area contributed by atoms with Crippen LogP contribution in [0.1, 0.15) is 18.4 Å². The van der Waals surface area contributed by atoms with Crippen LogP contribution < -0.4 is 16.1 Å². The molecule has 0 spiro atoms. The van der Waals surface area contributed by atoms with Crippen molar-refractivity contribution in [3.05, 3.63) is 58.1 Å². The monoisotopic (exact) mass is 390 g/mol. The van der Waals surface area contributed by atoms with Crippen molar-refractivity contribution in [1.82, 2.24) is 10.7 Å². The van der Waals surface area contributed by atoms with Crippen LogP contribution in [0.5, 0.6) is 0 Å². The van der Waals surface area contributed by atoms with Gasteiger partial charge < -0.3 is 10.6 Å². The molecule has 2 amide bonds. The zero-order valence-electron chi connectivity index (χ0n) is 13.6. The van der Waals surface area contributed by atoms with E-state index in [-0.39, 0.29) is 6.04 Å². The van der Waals surface area contributed by atoms with Crippen LogP contribution in [0.4, 0.5) is 11.4 Å². The lowest BCUT2D eigenvalue weighted by Gasteiger charge is -2.10. The average Bonchev–Trinajstić information content (AvgIpc) is 3.41. The molecule has 3 rings (SSSR count). The number of nitrogens with one attached hydrogen (secondary N) is 3. The van der Waals surface area contributed by atoms with Gasteiger partial charge in [-0.3, -0.25) is 9.59 Å². The first-order valence-electron chi connectivity index (χ1n) is 7.97. The van der Waals surface area contributed by atoms with E-state index in [9.17, 15) is 9.59 Å². The molecule has 3 N–H and O–H groups in total. The van der Waals surface area contributed by atoms with Gasteiger partial charge in [-0.05, 0) is 49.2 Å². The summed E-state index contributed by atoms with van der Waals surface area (Å²) in [6.45, 7) is 0. The number of hydrogen-bond acceptors (Lipinski definition) is 4. The van der Waals surface area contributed by atoms with Gasteiger partial charge in [0, 0.05) is 33.0 Å². The molecule has 0 aromatic heterocycles. The summed E-state index contributed by atoms with van der Waals surface area (Å²) in [6.07, 6.45) is 3.23. The minimum absolute atomic E-state index is 0.110. The summed E-state index contributed by atoms with van der Waals surface area (Å²) in [7, 11) is 0. The van der Waals surface area contributed by atoms with Crippen LogP contribution in [0.15, 0.2) is 47.6 Å². The number of nitrogens with zero attached hydrogens (tertiary/aromatic N) is 1. The van der Waals surface area contributed by atoms with Crippen molar-refractivity contribution in [2.24, 2.45) is 5.10 Å². The van der Waals surface area contributed by atoms with E-state index >= 15 is 0 Å². The lowest BCUT2D eigenvalue weighted by atomic mass is 10.2. The van der Waals surface area contributed by atoms with E-state index in [0.717, 1.165) is 24.2 Å². The fourth-order valence-corrected chi connectivity index (χ4v) is 2.54. The summed E-state index contributed by atoms with van der Waals surface area (Å²) < 4.78 is 0. The first-order valence-corrected chi connectivity index (χ1v) is 8.73. The number of amides is 2. The van der Waals surface area contributed by atoms with Gasteiger partial charge in [0.05, 0.1) is 6.21 Å². The molecule has 0 atom stereocenters. The van der Waals surface area contributed by atoms with Gasteiger partial charge in [-0.1, -0.05) is 29.3 Å². The van der Waals surface area contributed by atoms with E-state index in [4.69, 9.17) is 23.2 Å². The van der Waals surface area contributed by atoms with E-state index in [1.54, 1.807) is 30.3 Å². The number of hydrogen-bond donors (Lipinski definition) is 3. The number of carbonyl (C=O) groups is 2. The molecule has 1 fully saturated rings. The van der Waals surface area contributed by atoms with Gasteiger partial charge in [-0.15, -0.1) is 0 Å². The molecule has 0 saturated heterocycles. The van der Waals surface area contributed by atoms with Crippen LogP contribution in [0.25, 0.3) is 0 Å². The molecular weight excluding hydrogens is 375 g/mol. The predicted molar refractivity (Wildman–Crippen MR) is 103 cm³/mol. The van der Waals surface area contributed by atoms with Crippen LogP contribution in [-0.2, 0) is 9.59 Å². The summed E-state index contributed by atoms with van der Waals surface area (Å²) >= 11 is 12.0. The highest BCUT2D eigenvalue weighted by molar-refractivity contribution is 6.35. The average molecular weight is 391 g/mol. The Morgan fingerprint density at radius 2 is 1.81 bits per heavy atom. The number of hydrazone groups is 1. The van der Waals surface area contributed by atoms with Crippen molar-refractivity contribution in [1.29, 1.82) is 0 Å². The Hall–Kier alpha value is -2.57. The largest absolute Gasteiger partial charge is 0.355 e. The van der Waals surface area contributed by atoms with Gasteiger partial charge in [-0.2, -0.15) is 5.10 Å². The summed E-state index contributed by atoms with van der Waals surface area (Å²) in [6, 6.07) is 12.6. The van der Waals surface area contributed by atoms with E-state index in [2.05, 4.69) is 21.2 Å². The molecule has 0 unspecified atom stereocenters. The smallest absolute Gasteiger partial charge is 0.329 e. The molecule has 1 saturated carbocycles. The number of benzene rings is 2. The maximum atomic E-state index is 11.7. The Morgan fingerprint density at radius 1 is 1.04 bits per heavy atom. The van der Waals surface area contributed by atoms with E-state index in [0.29, 0.717) is 15.6 Å². The Labute approximate surface area is 160 Å². The van der Waals surface area contributed by atoms with Crippen molar-refractivity contribution in [2.45, 2.75) is 18.9 Å².